The molecule has 28 heavy (non-hydrogen) atoms. The molecule has 150 valence electrons. The second kappa shape index (κ2) is 8.57. The van der Waals surface area contributed by atoms with Crippen LogP contribution >= 0.6 is 11.6 Å². The number of anilines is 1. The third kappa shape index (κ3) is 4.26. The summed E-state index contributed by atoms with van der Waals surface area (Å²) in [5, 5.41) is 12.4. The molecular weight excluding hydrogens is 386 g/mol. The molecule has 3 rings (SSSR count). The molecule has 0 aliphatic carbocycles. The SMILES string of the molecule is CCc1[nH]c(C(=O)N[C@@H]2CCN(c3ccnc(C(=O)O)c3)C[C@@H]2OC)nc1Cl. The molecule has 1 aliphatic rings. The van der Waals surface area contributed by atoms with Crippen molar-refractivity contribution in [3.63, 3.8) is 0 Å². The first-order valence-electron chi connectivity index (χ1n) is 8.95. The molecule has 3 heterocycles. The van der Waals surface area contributed by atoms with E-state index >= 15 is 0 Å². The number of piperidine rings is 1. The number of carboxylic acid groups (broad SMARTS) is 1. The number of amides is 1. The third-order valence-electron chi connectivity index (χ3n) is 4.80. The number of pyridine rings is 1. The number of hydrogen-bond donors (Lipinski definition) is 3. The molecule has 0 radical (unpaired) electrons. The zero-order valence-electron chi connectivity index (χ0n) is 15.6. The smallest absolute Gasteiger partial charge is 0.354 e. The number of halogens is 1. The average molecular weight is 408 g/mol. The van der Waals surface area contributed by atoms with Crippen LogP contribution in [0.5, 0.6) is 0 Å². The van der Waals surface area contributed by atoms with Gasteiger partial charge in [-0.1, -0.05) is 18.5 Å². The molecule has 2 aromatic rings. The van der Waals surface area contributed by atoms with Gasteiger partial charge in [0.05, 0.1) is 17.8 Å². The summed E-state index contributed by atoms with van der Waals surface area (Å²) in [7, 11) is 1.58. The van der Waals surface area contributed by atoms with E-state index in [0.717, 1.165) is 11.4 Å². The molecule has 0 aromatic carbocycles. The molecule has 2 atom stereocenters. The highest BCUT2D eigenvalue weighted by atomic mass is 35.5. The molecule has 9 nitrogen and oxygen atoms in total. The van der Waals surface area contributed by atoms with Gasteiger partial charge in [-0.25, -0.2) is 14.8 Å². The van der Waals surface area contributed by atoms with E-state index < -0.39 is 5.97 Å². The van der Waals surface area contributed by atoms with Gasteiger partial charge in [-0.05, 0) is 25.0 Å². The van der Waals surface area contributed by atoms with Gasteiger partial charge in [0.1, 0.15) is 5.69 Å². The van der Waals surface area contributed by atoms with Gasteiger partial charge in [-0.3, -0.25) is 4.79 Å². The highest BCUT2D eigenvalue weighted by Gasteiger charge is 2.31. The van der Waals surface area contributed by atoms with Gasteiger partial charge in [0.2, 0.25) is 0 Å². The fourth-order valence-electron chi connectivity index (χ4n) is 3.25. The molecule has 10 heteroatoms. The number of H-pyrrole nitrogens is 1. The Hall–Kier alpha value is -2.65. The van der Waals surface area contributed by atoms with Crippen LogP contribution in [0.15, 0.2) is 18.3 Å². The number of aromatic carboxylic acids is 1. The van der Waals surface area contributed by atoms with Gasteiger partial charge in [0.15, 0.2) is 11.0 Å². The van der Waals surface area contributed by atoms with Crippen molar-refractivity contribution in [3.05, 3.63) is 40.7 Å². The van der Waals surface area contributed by atoms with E-state index in [1.807, 2.05) is 11.8 Å². The van der Waals surface area contributed by atoms with Gasteiger partial charge in [-0.15, -0.1) is 0 Å². The van der Waals surface area contributed by atoms with E-state index in [9.17, 15) is 9.59 Å². The molecular formula is C18H22ClN5O4. The largest absolute Gasteiger partial charge is 0.477 e. The fraction of sp³-hybridized carbons (Fsp3) is 0.444. The number of aromatic amines is 1. The Labute approximate surface area is 167 Å². The number of aryl methyl sites for hydroxylation is 1. The van der Waals surface area contributed by atoms with Crippen LogP contribution in [0, 0.1) is 0 Å². The molecule has 3 N–H and O–H groups in total. The standard InChI is InChI=1S/C18H22ClN5O4/c1-3-11-15(19)23-16(21-11)17(25)22-12-5-7-24(9-14(12)28-2)10-4-6-20-13(8-10)18(26)27/h4,6,8,12,14H,3,5,7,9H2,1-2H3,(H,21,23)(H,22,25)(H,26,27)/t12-,14+/m1/s1. The third-order valence-corrected chi connectivity index (χ3v) is 5.12. The number of carboxylic acids is 1. The van der Waals surface area contributed by atoms with Gasteiger partial charge in [0, 0.05) is 32.1 Å². The number of rotatable bonds is 6. The van der Waals surface area contributed by atoms with Crippen molar-refractivity contribution in [2.75, 3.05) is 25.1 Å². The number of methoxy groups -OCH3 is 1. The molecule has 1 amide bonds. The minimum absolute atomic E-state index is 0.0108. The van der Waals surface area contributed by atoms with Gasteiger partial charge in [-0.2, -0.15) is 0 Å². The zero-order valence-corrected chi connectivity index (χ0v) is 16.4. The lowest BCUT2D eigenvalue weighted by Crippen LogP contribution is -2.55. The molecule has 2 aromatic heterocycles. The molecule has 1 fully saturated rings. The van der Waals surface area contributed by atoms with Crippen molar-refractivity contribution in [3.8, 4) is 0 Å². The Morgan fingerprint density at radius 1 is 1.50 bits per heavy atom. The summed E-state index contributed by atoms with van der Waals surface area (Å²) >= 11 is 6.01. The Morgan fingerprint density at radius 3 is 2.93 bits per heavy atom. The number of aromatic nitrogens is 3. The first-order valence-corrected chi connectivity index (χ1v) is 9.33. The predicted molar refractivity (Wildman–Crippen MR) is 103 cm³/mol. The van der Waals surface area contributed by atoms with Crippen LogP contribution < -0.4 is 10.2 Å². The summed E-state index contributed by atoms with van der Waals surface area (Å²) in [4.78, 5) is 36.5. The van der Waals surface area contributed by atoms with Crippen LogP contribution in [-0.4, -0.2) is 64.3 Å². The van der Waals surface area contributed by atoms with E-state index in [-0.39, 0.29) is 29.6 Å². The summed E-state index contributed by atoms with van der Waals surface area (Å²) < 4.78 is 5.58. The van der Waals surface area contributed by atoms with Crippen molar-refractivity contribution in [1.29, 1.82) is 0 Å². The number of ether oxygens (including phenoxy) is 1. The predicted octanol–water partition coefficient (Wildman–Crippen LogP) is 1.74. The van der Waals surface area contributed by atoms with Crippen LogP contribution in [0.25, 0.3) is 0 Å². The Kier molecular flexibility index (Phi) is 6.15. The van der Waals surface area contributed by atoms with Crippen LogP contribution in [0.1, 0.15) is 40.1 Å². The van der Waals surface area contributed by atoms with Crippen molar-refractivity contribution < 1.29 is 19.4 Å². The van der Waals surface area contributed by atoms with Gasteiger partial charge < -0.3 is 25.0 Å². The van der Waals surface area contributed by atoms with Crippen molar-refractivity contribution in [2.24, 2.45) is 0 Å². The van der Waals surface area contributed by atoms with E-state index in [0.29, 0.717) is 31.1 Å². The van der Waals surface area contributed by atoms with Crippen LogP contribution in [-0.2, 0) is 11.2 Å². The highest BCUT2D eigenvalue weighted by Crippen LogP contribution is 2.22. The Balaban J connectivity index is 1.68. The first-order chi connectivity index (χ1) is 13.4. The second-order valence-electron chi connectivity index (χ2n) is 6.50. The molecule has 1 saturated heterocycles. The van der Waals surface area contributed by atoms with Gasteiger partial charge in [0.25, 0.3) is 5.91 Å². The topological polar surface area (TPSA) is 120 Å². The quantitative estimate of drug-likeness (QED) is 0.666. The van der Waals surface area contributed by atoms with E-state index in [1.54, 1.807) is 13.2 Å². The Morgan fingerprint density at radius 2 is 2.29 bits per heavy atom. The number of carbonyl (C=O) groups excluding carboxylic acids is 1. The molecule has 0 bridgehead atoms. The molecule has 0 unspecified atom stereocenters. The number of nitrogens with zero attached hydrogens (tertiary/aromatic N) is 3. The van der Waals surface area contributed by atoms with Gasteiger partial charge >= 0.3 is 5.97 Å². The summed E-state index contributed by atoms with van der Waals surface area (Å²) in [6.45, 7) is 3.06. The zero-order chi connectivity index (χ0) is 20.3. The molecule has 0 spiro atoms. The first kappa shape index (κ1) is 20.1. The maximum absolute atomic E-state index is 12.5. The highest BCUT2D eigenvalue weighted by molar-refractivity contribution is 6.30. The second-order valence-corrected chi connectivity index (χ2v) is 6.86. The number of carbonyl (C=O) groups is 2. The maximum Gasteiger partial charge on any atom is 0.354 e. The van der Waals surface area contributed by atoms with Crippen molar-refractivity contribution >= 4 is 29.2 Å². The molecule has 1 aliphatic heterocycles. The van der Waals surface area contributed by atoms with Crippen LogP contribution in [0.2, 0.25) is 5.15 Å². The molecule has 0 saturated carbocycles. The summed E-state index contributed by atoms with van der Waals surface area (Å²) in [5.41, 5.74) is 1.46. The lowest BCUT2D eigenvalue weighted by molar-refractivity contribution is 0.0538. The van der Waals surface area contributed by atoms with E-state index in [1.165, 1.54) is 12.3 Å². The minimum Gasteiger partial charge on any atom is -0.477 e. The lowest BCUT2D eigenvalue weighted by atomic mass is 10.0. The Bertz CT molecular complexity index is 871. The number of hydrogen-bond acceptors (Lipinski definition) is 6. The fourth-order valence-corrected chi connectivity index (χ4v) is 3.52. The minimum atomic E-state index is -1.07. The number of imidazole rings is 1. The average Bonchev–Trinajstić information content (AvgIpc) is 3.09. The van der Waals surface area contributed by atoms with Crippen molar-refractivity contribution in [2.45, 2.75) is 31.9 Å². The van der Waals surface area contributed by atoms with E-state index in [2.05, 4.69) is 20.3 Å². The van der Waals surface area contributed by atoms with Crippen molar-refractivity contribution in [1.82, 2.24) is 20.3 Å². The summed E-state index contributed by atoms with van der Waals surface area (Å²) in [5.74, 6) is -1.23. The lowest BCUT2D eigenvalue weighted by Gasteiger charge is -2.39. The van der Waals surface area contributed by atoms with E-state index in [4.69, 9.17) is 21.4 Å². The normalized spacial score (nSPS) is 19.5. The summed E-state index contributed by atoms with van der Waals surface area (Å²) in [6, 6.07) is 3.09. The van der Waals surface area contributed by atoms with Crippen LogP contribution in [0.4, 0.5) is 5.69 Å². The summed E-state index contributed by atoms with van der Waals surface area (Å²) in [6.07, 6.45) is 2.49. The van der Waals surface area contributed by atoms with Crippen LogP contribution in [0.3, 0.4) is 0 Å². The number of nitrogens with one attached hydrogen (secondary N) is 2. The maximum atomic E-state index is 12.5. The monoisotopic (exact) mass is 407 g/mol.